The molecule has 434 valence electrons. The maximum atomic E-state index is 10.7. The van der Waals surface area contributed by atoms with Crippen molar-refractivity contribution in [3.8, 4) is 0 Å². The maximum Gasteiger partial charge on any atom is 2.00 e. The fraction of sp³-hybridized carbons (Fsp3) is 0.471. The summed E-state index contributed by atoms with van der Waals surface area (Å²) in [6.45, 7) is 49.6. The van der Waals surface area contributed by atoms with Crippen LogP contribution in [0.4, 0.5) is 22.7 Å². The molecule has 2 aliphatic rings. The molecule has 0 amide bonds. The number of nitrogens with zero attached hydrogens (tertiary/aromatic N) is 2. The van der Waals surface area contributed by atoms with E-state index in [-0.39, 0.29) is 46.1 Å². The summed E-state index contributed by atoms with van der Waals surface area (Å²) in [4.78, 5) is 7.10. The third-order valence-electron chi connectivity index (χ3n) is 14.8. The quantitative estimate of drug-likeness (QED) is 0.0942. The summed E-state index contributed by atoms with van der Waals surface area (Å²) in [5.74, 6) is 1.81. The second-order valence-corrected chi connectivity index (χ2v) is 24.4. The van der Waals surface area contributed by atoms with Crippen LogP contribution in [0, 0.1) is 27.7 Å². The molecule has 0 atom stereocenters. The molecule has 0 radical (unpaired) electrons. The Morgan fingerprint density at radius 2 is 0.610 bits per heavy atom. The van der Waals surface area contributed by atoms with Gasteiger partial charge < -0.3 is 39.3 Å². The summed E-state index contributed by atoms with van der Waals surface area (Å²) in [6, 6.07) is 37.9. The normalized spacial score (nSPS) is 16.1. The molecule has 0 aromatic heterocycles. The minimum absolute atomic E-state index is 0. The van der Waals surface area contributed by atoms with Crippen LogP contribution < -0.4 is 20.0 Å². The zero-order chi connectivity index (χ0) is 60.5. The van der Waals surface area contributed by atoms with Crippen molar-refractivity contribution in [3.63, 3.8) is 0 Å². The van der Waals surface area contributed by atoms with Crippen LogP contribution in [0.1, 0.15) is 207 Å². The van der Waals surface area contributed by atoms with Crippen molar-refractivity contribution in [2.24, 2.45) is 0 Å². The van der Waals surface area contributed by atoms with Crippen LogP contribution in [-0.4, -0.2) is 94.6 Å². The molecule has 0 unspecified atom stereocenters. The van der Waals surface area contributed by atoms with E-state index in [1.165, 1.54) is 55.9 Å². The van der Waals surface area contributed by atoms with Gasteiger partial charge in [0, 0.05) is 36.1 Å². The Bertz CT molecular complexity index is 2570. The number of aryl methyl sites for hydroxylation is 4. The summed E-state index contributed by atoms with van der Waals surface area (Å²) in [7, 11) is -2.63. The molecular weight excluding hydrogens is 1040 g/mol. The van der Waals surface area contributed by atoms with Crippen molar-refractivity contribution in [3.05, 3.63) is 188 Å². The summed E-state index contributed by atoms with van der Waals surface area (Å²) in [5, 5.41) is 31.5. The van der Waals surface area contributed by atoms with E-state index in [1.54, 1.807) is 0 Å². The maximum absolute atomic E-state index is 10.7. The summed E-state index contributed by atoms with van der Waals surface area (Å²) in [5.41, 5.74) is 17.3. The number of hydrogen-bond donors (Lipinski definition) is 2. The van der Waals surface area contributed by atoms with Crippen LogP contribution in [0.2, 0.25) is 0 Å². The van der Waals surface area contributed by atoms with Crippen LogP contribution in [0.25, 0.3) is 10.6 Å². The number of para-hydroxylation sites is 4. The Hall–Kier alpha value is -4.06. The minimum Gasteiger partial charge on any atom is -0.832 e. The molecule has 0 bridgehead atoms. The molecular formula is C68H98B2Mg2N4O6+2. The number of rotatable bonds is 12. The van der Waals surface area contributed by atoms with E-state index in [2.05, 4.69) is 206 Å². The molecule has 2 fully saturated rings. The Balaban J connectivity index is 0.000000564. The first kappa shape index (κ1) is 76.0. The van der Waals surface area contributed by atoms with E-state index < -0.39 is 37.0 Å². The van der Waals surface area contributed by atoms with Crippen molar-refractivity contribution in [2.45, 2.75) is 212 Å². The molecule has 14 heteroatoms. The number of benzene rings is 5. The van der Waals surface area contributed by atoms with E-state index in [1.807, 2.05) is 91.8 Å². The van der Waals surface area contributed by atoms with Gasteiger partial charge >= 0.3 is 60.7 Å². The zero-order valence-corrected chi connectivity index (χ0v) is 57.6. The molecule has 2 saturated heterocycles. The van der Waals surface area contributed by atoms with E-state index in [0.29, 0.717) is 23.7 Å². The van der Waals surface area contributed by atoms with E-state index in [4.69, 9.17) is 29.3 Å². The first-order valence-corrected chi connectivity index (χ1v) is 28.5. The zero-order valence-electron chi connectivity index (χ0n) is 54.8. The predicted octanol–water partition coefficient (Wildman–Crippen LogP) is 13.5. The first-order chi connectivity index (χ1) is 37.1. The SMILES string of the molecule is CC(/C=C(/C)[N-]c1c(C(C)C)cccc1C(C)C)=[NH+]c1c(C)cccc1C.CC(/C=C(/C)[N-]c1c(C(C)C)cccc1C(C)C)=[NH+]c1c(C)cccc1C.CC1(C)OB([O-])OC1(C)C.CC1(C)OB([O-])OC1(C)C.[Mg+2].[Mg+2].c1ccccc1. The number of nitrogens with one attached hydrogen (secondary N) is 2. The standard InChI is InChI=1S/2C25H33N2.2C6H12BO3.C6H6.2Mg/c2*1-16(2)22-13-10-14-23(17(3)4)25(22)27-21(8)15-20(7)26-24-18(5)11-9-12-19(24)6;2*1-5(2)6(3,4)10-7(8)9-5;1-2-4-6-5-3-1;;/h2*9-17H,1-8H3;2*1-4H3;1-6H;;/q4*-1;;2*+2/p+2/b2*21-15-,26-20?;;;;;. The molecule has 10 nitrogen and oxygen atoms in total. The van der Waals surface area contributed by atoms with Crippen LogP contribution in [0.15, 0.2) is 133 Å². The third-order valence-corrected chi connectivity index (χ3v) is 14.8. The van der Waals surface area contributed by atoms with Crippen LogP contribution in [0.5, 0.6) is 0 Å². The first-order valence-electron chi connectivity index (χ1n) is 28.5. The van der Waals surface area contributed by atoms with Crippen molar-refractivity contribution in [2.75, 3.05) is 0 Å². The molecule has 5 aromatic rings. The molecule has 2 N–H and O–H groups in total. The Morgan fingerprint density at radius 3 is 0.793 bits per heavy atom. The van der Waals surface area contributed by atoms with Gasteiger partial charge in [-0.2, -0.15) is 11.4 Å². The fourth-order valence-electron chi connectivity index (χ4n) is 8.78. The molecule has 0 saturated carbocycles. The van der Waals surface area contributed by atoms with Gasteiger partial charge in [-0.3, -0.25) is 0 Å². The summed E-state index contributed by atoms with van der Waals surface area (Å²) < 4.78 is 19.9. The fourth-order valence-corrected chi connectivity index (χ4v) is 8.78. The van der Waals surface area contributed by atoms with Crippen molar-refractivity contribution >= 4 is 94.9 Å². The second kappa shape index (κ2) is 34.2. The van der Waals surface area contributed by atoms with E-state index in [9.17, 15) is 10.0 Å². The smallest absolute Gasteiger partial charge is 0.832 e. The number of allylic oxidation sites excluding steroid dienone is 4. The van der Waals surface area contributed by atoms with Gasteiger partial charge in [-0.1, -0.05) is 201 Å². The largest absolute Gasteiger partial charge is 2.00 e. The van der Waals surface area contributed by atoms with E-state index in [0.717, 1.165) is 34.2 Å². The van der Waals surface area contributed by atoms with Gasteiger partial charge in [-0.15, -0.1) is 11.4 Å². The van der Waals surface area contributed by atoms with Gasteiger partial charge in [-0.05, 0) is 119 Å². The third kappa shape index (κ3) is 23.1. The Kier molecular flexibility index (Phi) is 31.7. The average Bonchev–Trinajstić information content (AvgIpc) is 3.67. The van der Waals surface area contributed by atoms with Crippen LogP contribution in [-0.2, 0) is 18.6 Å². The molecule has 0 aliphatic carbocycles. The predicted molar refractivity (Wildman–Crippen MR) is 347 cm³/mol. The summed E-state index contributed by atoms with van der Waals surface area (Å²) in [6.07, 6.45) is 4.26. The molecule has 5 aromatic carbocycles. The molecule has 0 spiro atoms. The van der Waals surface area contributed by atoms with Gasteiger partial charge in [0.2, 0.25) is 11.4 Å². The molecule has 2 aliphatic heterocycles. The van der Waals surface area contributed by atoms with Gasteiger partial charge in [0.05, 0.1) is 22.4 Å². The second-order valence-electron chi connectivity index (χ2n) is 24.4. The number of hydrogen-bond acceptors (Lipinski definition) is 6. The molecule has 7 rings (SSSR count). The van der Waals surface area contributed by atoms with Gasteiger partial charge in [0.25, 0.3) is 0 Å². The van der Waals surface area contributed by atoms with Gasteiger partial charge in [-0.25, -0.2) is 9.98 Å². The summed E-state index contributed by atoms with van der Waals surface area (Å²) >= 11 is 0. The van der Waals surface area contributed by atoms with Crippen LogP contribution >= 0.6 is 0 Å². The Labute approximate surface area is 529 Å². The van der Waals surface area contributed by atoms with Crippen LogP contribution in [0.3, 0.4) is 0 Å². The monoisotopic (exact) mass is 1140 g/mol. The van der Waals surface area contributed by atoms with Crippen molar-refractivity contribution in [1.82, 2.24) is 0 Å². The molecule has 2 heterocycles. The van der Waals surface area contributed by atoms with E-state index >= 15 is 0 Å². The molecule has 82 heavy (non-hydrogen) atoms. The average molecular weight is 1140 g/mol. The Morgan fingerprint density at radius 1 is 0.402 bits per heavy atom. The van der Waals surface area contributed by atoms with Gasteiger partial charge in [0.15, 0.2) is 11.4 Å². The van der Waals surface area contributed by atoms with Gasteiger partial charge in [0.1, 0.15) is 0 Å². The minimum atomic E-state index is -1.31. The van der Waals surface area contributed by atoms with Crippen molar-refractivity contribution in [1.29, 1.82) is 0 Å². The van der Waals surface area contributed by atoms with Crippen molar-refractivity contribution < 1.29 is 38.7 Å². The topological polar surface area (TPSA) is 139 Å².